The lowest BCUT2D eigenvalue weighted by molar-refractivity contribution is 0.309. The topological polar surface area (TPSA) is 26.0 Å². The molecule has 2 heteroatoms. The van der Waals surface area contributed by atoms with Gasteiger partial charge in [0.1, 0.15) is 0 Å². The summed E-state index contributed by atoms with van der Waals surface area (Å²) in [6.07, 6.45) is 6.61. The summed E-state index contributed by atoms with van der Waals surface area (Å²) < 4.78 is 0. The molecule has 0 amide bonds. The fourth-order valence-electron chi connectivity index (χ4n) is 4.80. The van der Waals surface area contributed by atoms with Crippen LogP contribution in [0.3, 0.4) is 0 Å². The molecule has 2 N–H and O–H groups in total. The van der Waals surface area contributed by atoms with Crippen LogP contribution in [0.15, 0.2) is 54.6 Å². The van der Waals surface area contributed by atoms with Gasteiger partial charge in [0.25, 0.3) is 0 Å². The van der Waals surface area contributed by atoms with Gasteiger partial charge in [-0.05, 0) is 56.6 Å². The van der Waals surface area contributed by atoms with Gasteiger partial charge in [0.2, 0.25) is 0 Å². The second-order valence-corrected chi connectivity index (χ2v) is 7.43. The van der Waals surface area contributed by atoms with Crippen molar-refractivity contribution in [2.75, 3.05) is 0 Å². The Morgan fingerprint density at radius 1 is 0.720 bits per heavy atom. The van der Waals surface area contributed by atoms with Crippen LogP contribution in [0.5, 0.6) is 0 Å². The first-order valence-electron chi connectivity index (χ1n) is 9.25. The van der Waals surface area contributed by atoms with E-state index in [0.29, 0.717) is 5.92 Å². The number of nitrogens with two attached hydrogens (primary N) is 1. The van der Waals surface area contributed by atoms with Gasteiger partial charge in [-0.2, -0.15) is 0 Å². The van der Waals surface area contributed by atoms with Crippen LogP contribution in [0, 0.1) is 5.92 Å². The summed E-state index contributed by atoms with van der Waals surface area (Å²) in [6.45, 7) is 0. The van der Waals surface area contributed by atoms with Gasteiger partial charge in [0.05, 0.1) is 0 Å². The number of hydrogen-bond donors (Lipinski definition) is 1. The second-order valence-electron chi connectivity index (χ2n) is 7.43. The molecule has 1 saturated carbocycles. The Balaban J connectivity index is 0.00000157. The van der Waals surface area contributed by atoms with Gasteiger partial charge in [-0.15, -0.1) is 12.4 Å². The zero-order valence-electron chi connectivity index (χ0n) is 14.4. The molecule has 25 heavy (non-hydrogen) atoms. The highest BCUT2D eigenvalue weighted by Crippen LogP contribution is 2.40. The molecule has 0 aliphatic heterocycles. The molecule has 0 unspecified atom stereocenters. The van der Waals surface area contributed by atoms with Crippen LogP contribution < -0.4 is 5.73 Å². The van der Waals surface area contributed by atoms with E-state index in [2.05, 4.69) is 54.6 Å². The normalized spacial score (nSPS) is 17.2. The molecule has 1 nitrogen and oxygen atoms in total. The van der Waals surface area contributed by atoms with E-state index < -0.39 is 0 Å². The van der Waals surface area contributed by atoms with Crippen LogP contribution in [0.2, 0.25) is 0 Å². The molecule has 4 aromatic carbocycles. The van der Waals surface area contributed by atoms with E-state index in [4.69, 9.17) is 5.73 Å². The van der Waals surface area contributed by atoms with Gasteiger partial charge < -0.3 is 5.73 Å². The third-order valence-corrected chi connectivity index (χ3v) is 6.08. The Kier molecular flexibility index (Phi) is 4.31. The molecule has 0 aromatic heterocycles. The van der Waals surface area contributed by atoms with E-state index in [1.807, 2.05) is 0 Å². The van der Waals surface area contributed by atoms with Crippen molar-refractivity contribution in [1.82, 2.24) is 0 Å². The summed E-state index contributed by atoms with van der Waals surface area (Å²) in [6, 6.07) is 20.3. The Hall–Kier alpha value is -1.83. The molecule has 128 valence electrons. The van der Waals surface area contributed by atoms with Crippen molar-refractivity contribution in [2.45, 2.75) is 38.1 Å². The minimum Gasteiger partial charge on any atom is -0.324 e. The Bertz CT molecular complexity index is 1000. The highest BCUT2D eigenvalue weighted by Gasteiger charge is 2.24. The quantitative estimate of drug-likeness (QED) is 0.406. The molecule has 0 radical (unpaired) electrons. The zero-order valence-corrected chi connectivity index (χ0v) is 15.2. The number of benzene rings is 4. The standard InChI is InChI=1S/C23H23N.ClH/c24-23(18-5-2-1-3-6-18)20-14-12-17-10-9-15-7-4-8-16-11-13-19(20)22(17)21(15)16;/h4,7-14,18,23H,1-3,5-6,24H2;1H/t23-;/m0./s1. The summed E-state index contributed by atoms with van der Waals surface area (Å²) in [5, 5.41) is 8.13. The van der Waals surface area contributed by atoms with Crippen LogP contribution in [0.25, 0.3) is 32.3 Å². The van der Waals surface area contributed by atoms with E-state index in [1.165, 1.54) is 70.0 Å². The van der Waals surface area contributed by atoms with Crippen molar-refractivity contribution in [3.05, 3.63) is 60.2 Å². The Labute approximate surface area is 154 Å². The van der Waals surface area contributed by atoms with Crippen LogP contribution in [0.1, 0.15) is 43.7 Å². The SMILES string of the molecule is Cl.N[C@H](c1ccc2ccc3cccc4ccc1c2c34)C1CCCCC1. The molecule has 5 rings (SSSR count). The maximum atomic E-state index is 6.77. The minimum atomic E-state index is 0. The van der Waals surface area contributed by atoms with Crippen LogP contribution >= 0.6 is 12.4 Å². The largest absolute Gasteiger partial charge is 0.324 e. The van der Waals surface area contributed by atoms with Gasteiger partial charge in [-0.1, -0.05) is 73.9 Å². The van der Waals surface area contributed by atoms with Crippen molar-refractivity contribution in [3.8, 4) is 0 Å². The van der Waals surface area contributed by atoms with Crippen molar-refractivity contribution in [1.29, 1.82) is 0 Å². The van der Waals surface area contributed by atoms with E-state index in [0.717, 1.165) is 0 Å². The third kappa shape index (κ3) is 2.58. The van der Waals surface area contributed by atoms with E-state index in [9.17, 15) is 0 Å². The molecule has 0 bridgehead atoms. The number of halogens is 1. The van der Waals surface area contributed by atoms with Crippen molar-refractivity contribution >= 4 is 44.7 Å². The lowest BCUT2D eigenvalue weighted by Crippen LogP contribution is -2.23. The lowest BCUT2D eigenvalue weighted by Gasteiger charge is -2.29. The minimum absolute atomic E-state index is 0. The molecule has 4 aromatic rings. The summed E-state index contributed by atoms with van der Waals surface area (Å²) in [4.78, 5) is 0. The maximum absolute atomic E-state index is 6.77. The molecule has 0 heterocycles. The highest BCUT2D eigenvalue weighted by molar-refractivity contribution is 6.23. The van der Waals surface area contributed by atoms with Gasteiger partial charge in [0.15, 0.2) is 0 Å². The average molecular weight is 350 g/mol. The molecule has 1 atom stereocenters. The maximum Gasteiger partial charge on any atom is 0.0329 e. The summed E-state index contributed by atoms with van der Waals surface area (Å²) in [7, 11) is 0. The first-order valence-corrected chi connectivity index (χ1v) is 9.25. The number of hydrogen-bond acceptors (Lipinski definition) is 1. The first-order chi connectivity index (χ1) is 11.8. The molecule has 0 spiro atoms. The molecule has 1 fully saturated rings. The average Bonchev–Trinajstić information content (AvgIpc) is 2.66. The highest BCUT2D eigenvalue weighted by atomic mass is 35.5. The van der Waals surface area contributed by atoms with Gasteiger partial charge in [-0.3, -0.25) is 0 Å². The van der Waals surface area contributed by atoms with Crippen LogP contribution in [0.4, 0.5) is 0 Å². The first kappa shape index (κ1) is 16.6. The van der Waals surface area contributed by atoms with Crippen LogP contribution in [-0.4, -0.2) is 0 Å². The molecule has 1 aliphatic rings. The summed E-state index contributed by atoms with van der Waals surface area (Å²) in [5.74, 6) is 0.636. The van der Waals surface area contributed by atoms with E-state index >= 15 is 0 Å². The Morgan fingerprint density at radius 2 is 1.32 bits per heavy atom. The second kappa shape index (κ2) is 6.48. The van der Waals surface area contributed by atoms with E-state index in [1.54, 1.807) is 0 Å². The van der Waals surface area contributed by atoms with Gasteiger partial charge in [0, 0.05) is 6.04 Å². The fourth-order valence-corrected chi connectivity index (χ4v) is 4.80. The summed E-state index contributed by atoms with van der Waals surface area (Å²) in [5.41, 5.74) is 8.11. The van der Waals surface area contributed by atoms with Gasteiger partial charge >= 0.3 is 0 Å². The molecular formula is C23H24ClN. The fraction of sp³-hybridized carbons (Fsp3) is 0.304. The predicted octanol–water partition coefficient (Wildman–Crippen LogP) is 6.59. The monoisotopic (exact) mass is 349 g/mol. The van der Waals surface area contributed by atoms with Crippen molar-refractivity contribution in [2.24, 2.45) is 11.7 Å². The third-order valence-electron chi connectivity index (χ3n) is 6.08. The van der Waals surface area contributed by atoms with Crippen molar-refractivity contribution in [3.63, 3.8) is 0 Å². The number of rotatable bonds is 2. The summed E-state index contributed by atoms with van der Waals surface area (Å²) >= 11 is 0. The molecule has 0 saturated heterocycles. The van der Waals surface area contributed by atoms with Crippen LogP contribution in [-0.2, 0) is 0 Å². The van der Waals surface area contributed by atoms with Crippen molar-refractivity contribution < 1.29 is 0 Å². The molecule has 1 aliphatic carbocycles. The Morgan fingerprint density at radius 3 is 2.04 bits per heavy atom. The zero-order chi connectivity index (χ0) is 16.1. The van der Waals surface area contributed by atoms with E-state index in [-0.39, 0.29) is 18.4 Å². The predicted molar refractivity (Wildman–Crippen MR) is 111 cm³/mol. The van der Waals surface area contributed by atoms with Gasteiger partial charge in [-0.25, -0.2) is 0 Å². The smallest absolute Gasteiger partial charge is 0.0329 e. The molecular weight excluding hydrogens is 326 g/mol. The lowest BCUT2D eigenvalue weighted by atomic mass is 9.79.